The summed E-state index contributed by atoms with van der Waals surface area (Å²) < 4.78 is 45.7. The minimum absolute atomic E-state index is 0.168. The van der Waals surface area contributed by atoms with Crippen LogP contribution >= 0.6 is 0 Å². The summed E-state index contributed by atoms with van der Waals surface area (Å²) in [6.07, 6.45) is 3.04. The van der Waals surface area contributed by atoms with Crippen molar-refractivity contribution < 1.29 is 22.3 Å². The van der Waals surface area contributed by atoms with E-state index in [-0.39, 0.29) is 17.0 Å². The van der Waals surface area contributed by atoms with Gasteiger partial charge < -0.3 is 10.5 Å². The zero-order chi connectivity index (χ0) is 16.4. The lowest BCUT2D eigenvalue weighted by Crippen LogP contribution is -2.51. The van der Waals surface area contributed by atoms with Crippen LogP contribution in [-0.2, 0) is 14.8 Å². The van der Waals surface area contributed by atoms with Gasteiger partial charge in [-0.3, -0.25) is 0 Å². The first kappa shape index (κ1) is 16.9. The Hall–Kier alpha value is -1.51. The van der Waals surface area contributed by atoms with Crippen LogP contribution in [-0.4, -0.2) is 33.6 Å². The maximum absolute atomic E-state index is 13.3. The number of rotatable bonds is 5. The molecule has 22 heavy (non-hydrogen) atoms. The Labute approximate surface area is 128 Å². The van der Waals surface area contributed by atoms with Crippen LogP contribution in [0.3, 0.4) is 0 Å². The van der Waals surface area contributed by atoms with E-state index >= 15 is 0 Å². The Morgan fingerprint density at radius 1 is 1.41 bits per heavy atom. The predicted octanol–water partition coefficient (Wildman–Crippen LogP) is 1.16. The van der Waals surface area contributed by atoms with E-state index in [0.717, 1.165) is 38.2 Å². The smallest absolute Gasteiger partial charge is 0.339 e. The third-order valence-electron chi connectivity index (χ3n) is 3.94. The zero-order valence-corrected chi connectivity index (χ0v) is 13.1. The molecule has 1 aromatic rings. The number of nitrogens with two attached hydrogens (primary N) is 1. The zero-order valence-electron chi connectivity index (χ0n) is 12.3. The van der Waals surface area contributed by atoms with Crippen molar-refractivity contribution in [3.05, 3.63) is 29.6 Å². The molecule has 122 valence electrons. The van der Waals surface area contributed by atoms with E-state index in [9.17, 15) is 17.6 Å². The highest BCUT2D eigenvalue weighted by molar-refractivity contribution is 7.89. The third-order valence-corrected chi connectivity index (χ3v) is 5.58. The molecule has 1 aliphatic rings. The van der Waals surface area contributed by atoms with Crippen LogP contribution in [0.1, 0.15) is 36.0 Å². The number of halogens is 1. The van der Waals surface area contributed by atoms with Crippen LogP contribution in [0.5, 0.6) is 0 Å². The molecule has 1 saturated carbocycles. The lowest BCUT2D eigenvalue weighted by molar-refractivity contribution is 0.0595. The summed E-state index contributed by atoms with van der Waals surface area (Å²) in [4.78, 5) is 11.4. The Balaban J connectivity index is 2.43. The molecule has 1 aromatic carbocycles. The van der Waals surface area contributed by atoms with Gasteiger partial charge in [0.2, 0.25) is 10.0 Å². The van der Waals surface area contributed by atoms with Crippen molar-refractivity contribution in [3.8, 4) is 0 Å². The molecule has 0 amide bonds. The molecule has 0 unspecified atom stereocenters. The summed E-state index contributed by atoms with van der Waals surface area (Å²) in [6.45, 7) is 0.168. The molecular weight excluding hydrogens is 311 g/mol. The summed E-state index contributed by atoms with van der Waals surface area (Å²) in [6, 6.07) is 2.90. The van der Waals surface area contributed by atoms with Gasteiger partial charge in [0.1, 0.15) is 5.82 Å². The van der Waals surface area contributed by atoms with Crippen molar-refractivity contribution in [2.24, 2.45) is 5.73 Å². The number of carbonyl (C=O) groups is 1. The molecule has 0 saturated heterocycles. The van der Waals surface area contributed by atoms with Gasteiger partial charge in [-0.25, -0.2) is 22.3 Å². The maximum atomic E-state index is 13.3. The van der Waals surface area contributed by atoms with Gasteiger partial charge in [-0.2, -0.15) is 0 Å². The molecule has 0 aliphatic heterocycles. The summed E-state index contributed by atoms with van der Waals surface area (Å²) in [5, 5.41) is 0. The standard InChI is InChI=1S/C14H19FN2O4S/c1-21-13(18)11-8-10(15)4-5-12(11)22(19,20)17-14(9-16)6-2-3-7-14/h4-5,8,17H,2-3,6-7,9,16H2,1H3. The Morgan fingerprint density at radius 2 is 2.05 bits per heavy atom. The lowest BCUT2D eigenvalue weighted by Gasteiger charge is -2.28. The van der Waals surface area contributed by atoms with Crippen LogP contribution in [0.25, 0.3) is 0 Å². The lowest BCUT2D eigenvalue weighted by atomic mass is 10.0. The number of nitrogens with one attached hydrogen (secondary N) is 1. The highest BCUT2D eigenvalue weighted by Crippen LogP contribution is 2.31. The second-order valence-corrected chi connectivity index (χ2v) is 7.08. The van der Waals surface area contributed by atoms with Gasteiger partial charge in [-0.1, -0.05) is 12.8 Å². The average molecular weight is 330 g/mol. The van der Waals surface area contributed by atoms with E-state index in [1.807, 2.05) is 0 Å². The fourth-order valence-electron chi connectivity index (χ4n) is 2.75. The first-order chi connectivity index (χ1) is 10.3. The number of ether oxygens (including phenoxy) is 1. The van der Waals surface area contributed by atoms with Crippen LogP contribution in [0.15, 0.2) is 23.1 Å². The van der Waals surface area contributed by atoms with E-state index in [1.54, 1.807) is 0 Å². The van der Waals surface area contributed by atoms with Gasteiger partial charge in [-0.05, 0) is 31.0 Å². The minimum atomic E-state index is -4.01. The average Bonchev–Trinajstić information content (AvgIpc) is 2.94. The van der Waals surface area contributed by atoms with Gasteiger partial charge in [-0.15, -0.1) is 0 Å². The minimum Gasteiger partial charge on any atom is -0.465 e. The summed E-state index contributed by atoms with van der Waals surface area (Å²) in [5.74, 6) is -1.62. The monoisotopic (exact) mass is 330 g/mol. The summed E-state index contributed by atoms with van der Waals surface area (Å²) in [5.41, 5.74) is 4.68. The number of sulfonamides is 1. The Morgan fingerprint density at radius 3 is 2.59 bits per heavy atom. The van der Waals surface area contributed by atoms with Crippen LogP contribution < -0.4 is 10.5 Å². The van der Waals surface area contributed by atoms with Crippen LogP contribution in [0, 0.1) is 5.82 Å². The van der Waals surface area contributed by atoms with Crippen molar-refractivity contribution in [2.75, 3.05) is 13.7 Å². The molecule has 0 spiro atoms. The molecule has 1 aliphatic carbocycles. The molecule has 3 N–H and O–H groups in total. The molecule has 1 fully saturated rings. The Kier molecular flexibility index (Phi) is 4.84. The van der Waals surface area contributed by atoms with E-state index in [1.165, 1.54) is 0 Å². The second-order valence-electron chi connectivity index (χ2n) is 5.43. The van der Waals surface area contributed by atoms with Crippen molar-refractivity contribution in [1.29, 1.82) is 0 Å². The van der Waals surface area contributed by atoms with Crippen molar-refractivity contribution in [3.63, 3.8) is 0 Å². The second kappa shape index (κ2) is 6.31. The number of hydrogen-bond acceptors (Lipinski definition) is 5. The molecule has 6 nitrogen and oxygen atoms in total. The van der Waals surface area contributed by atoms with Gasteiger partial charge in [0, 0.05) is 12.1 Å². The van der Waals surface area contributed by atoms with Crippen molar-refractivity contribution in [1.82, 2.24) is 4.72 Å². The molecule has 0 aromatic heterocycles. The molecule has 0 atom stereocenters. The number of benzene rings is 1. The van der Waals surface area contributed by atoms with Gasteiger partial charge in [0.15, 0.2) is 0 Å². The van der Waals surface area contributed by atoms with Gasteiger partial charge in [0.25, 0.3) is 0 Å². The molecule has 0 radical (unpaired) electrons. The summed E-state index contributed by atoms with van der Waals surface area (Å²) >= 11 is 0. The van der Waals surface area contributed by atoms with Crippen LogP contribution in [0.4, 0.5) is 4.39 Å². The quantitative estimate of drug-likeness (QED) is 0.790. The van der Waals surface area contributed by atoms with Gasteiger partial charge >= 0.3 is 5.97 Å². The first-order valence-electron chi connectivity index (χ1n) is 6.95. The highest BCUT2D eigenvalue weighted by atomic mass is 32.2. The number of methoxy groups -OCH3 is 1. The van der Waals surface area contributed by atoms with E-state index in [4.69, 9.17) is 5.73 Å². The SMILES string of the molecule is COC(=O)c1cc(F)ccc1S(=O)(=O)NC1(CN)CCCC1. The molecule has 2 rings (SSSR count). The predicted molar refractivity (Wildman–Crippen MR) is 78.3 cm³/mol. The fraction of sp³-hybridized carbons (Fsp3) is 0.500. The maximum Gasteiger partial charge on any atom is 0.339 e. The van der Waals surface area contributed by atoms with Crippen molar-refractivity contribution >= 4 is 16.0 Å². The first-order valence-corrected chi connectivity index (χ1v) is 8.44. The topological polar surface area (TPSA) is 98.5 Å². The number of esters is 1. The van der Waals surface area contributed by atoms with E-state index in [0.29, 0.717) is 12.8 Å². The normalized spacial score (nSPS) is 17.4. The van der Waals surface area contributed by atoms with Gasteiger partial charge in [0.05, 0.1) is 17.6 Å². The summed E-state index contributed by atoms with van der Waals surface area (Å²) in [7, 11) is -2.91. The number of carbonyl (C=O) groups excluding carboxylic acids is 1. The molecular formula is C14H19FN2O4S. The molecule has 0 bridgehead atoms. The van der Waals surface area contributed by atoms with Crippen LogP contribution in [0.2, 0.25) is 0 Å². The third kappa shape index (κ3) is 3.29. The largest absolute Gasteiger partial charge is 0.465 e. The fourth-order valence-corrected chi connectivity index (χ4v) is 4.39. The number of hydrogen-bond donors (Lipinski definition) is 2. The molecule has 0 heterocycles. The Bertz CT molecular complexity index is 669. The highest BCUT2D eigenvalue weighted by Gasteiger charge is 2.38. The van der Waals surface area contributed by atoms with E-state index in [2.05, 4.69) is 9.46 Å². The van der Waals surface area contributed by atoms with Crippen molar-refractivity contribution in [2.45, 2.75) is 36.1 Å². The van der Waals surface area contributed by atoms with E-state index < -0.39 is 27.3 Å². The molecule has 8 heteroatoms.